The van der Waals surface area contributed by atoms with Gasteiger partial charge >= 0.3 is 17.4 Å². The van der Waals surface area contributed by atoms with Crippen LogP contribution in [0.4, 0.5) is 10.6 Å². The van der Waals surface area contributed by atoms with Gasteiger partial charge in [0.05, 0.1) is 19.3 Å². The first-order valence-electron chi connectivity index (χ1n) is 7.41. The first-order valence-corrected chi connectivity index (χ1v) is 7.41. The number of hydrogen-bond donors (Lipinski definition) is 2. The standard InChI is InChI=1S/C15H18N6O2/c1-15(2,3)23-14(22)18-7-4-5-11-6-10-20-13-12(19-21(11)20)16-8-9-17-13/h6,10H,7-9H2,1-3H3,(H-,16,18,19,22)/p+1. The molecule has 8 nitrogen and oxygen atoms in total. The van der Waals surface area contributed by atoms with Gasteiger partial charge in [-0.3, -0.25) is 0 Å². The molecule has 1 amide bonds. The summed E-state index contributed by atoms with van der Waals surface area (Å²) in [5.41, 5.74) is 1.01. The molecular weight excluding hydrogens is 296 g/mol. The smallest absolute Gasteiger partial charge is 0.408 e. The summed E-state index contributed by atoms with van der Waals surface area (Å²) in [4.78, 5) is 16.0. The Bertz CT molecular complexity index is 853. The number of alkyl carbamates (subject to hydrolysis) is 1. The van der Waals surface area contributed by atoms with Crippen LogP contribution in [0.2, 0.25) is 0 Å². The third-order valence-corrected chi connectivity index (χ3v) is 3.02. The first-order chi connectivity index (χ1) is 10.9. The van der Waals surface area contributed by atoms with Gasteiger partial charge in [-0.25, -0.2) is 4.79 Å². The molecule has 0 saturated heterocycles. The molecule has 8 heteroatoms. The molecule has 3 rings (SSSR count). The van der Waals surface area contributed by atoms with Crippen molar-refractivity contribution in [2.24, 2.45) is 4.99 Å². The van der Waals surface area contributed by atoms with Gasteiger partial charge in [-0.1, -0.05) is 5.92 Å². The summed E-state index contributed by atoms with van der Waals surface area (Å²) >= 11 is 0. The second-order valence-electron chi connectivity index (χ2n) is 6.07. The minimum Gasteiger partial charge on any atom is -0.444 e. The summed E-state index contributed by atoms with van der Waals surface area (Å²) in [5, 5.41) is 10.2. The fraction of sp³-hybridized carbons (Fsp3) is 0.467. The van der Waals surface area contributed by atoms with Gasteiger partial charge in [0.25, 0.3) is 0 Å². The molecule has 0 unspecified atom stereocenters. The molecule has 0 atom stereocenters. The summed E-state index contributed by atoms with van der Waals surface area (Å²) in [7, 11) is 0. The molecule has 3 heterocycles. The van der Waals surface area contributed by atoms with Crippen molar-refractivity contribution in [1.29, 1.82) is 0 Å². The average Bonchev–Trinajstić information content (AvgIpc) is 3.01. The molecule has 1 aliphatic heterocycles. The third kappa shape index (κ3) is 3.34. The zero-order valence-electron chi connectivity index (χ0n) is 13.4. The monoisotopic (exact) mass is 315 g/mol. The Morgan fingerprint density at radius 1 is 1.57 bits per heavy atom. The number of amides is 1. The molecule has 120 valence electrons. The lowest BCUT2D eigenvalue weighted by Crippen LogP contribution is -2.43. The zero-order valence-corrected chi connectivity index (χ0v) is 13.4. The molecular formula is C15H19N6O2+. The average molecular weight is 315 g/mol. The van der Waals surface area contributed by atoms with Crippen LogP contribution in [0.25, 0.3) is 0 Å². The Balaban J connectivity index is 1.69. The van der Waals surface area contributed by atoms with E-state index in [0.717, 1.165) is 30.1 Å². The van der Waals surface area contributed by atoms with Gasteiger partial charge in [0.2, 0.25) is 0 Å². The Morgan fingerprint density at radius 2 is 2.39 bits per heavy atom. The number of nitrogens with zero attached hydrogens (tertiary/aromatic N) is 4. The number of aromatic nitrogens is 3. The highest BCUT2D eigenvalue weighted by molar-refractivity contribution is 5.68. The molecule has 0 saturated carbocycles. The molecule has 2 aromatic heterocycles. The number of fused-ring (bicyclic) bond motifs is 3. The molecule has 0 spiro atoms. The minimum absolute atomic E-state index is 0.204. The van der Waals surface area contributed by atoms with Crippen LogP contribution >= 0.6 is 0 Å². The van der Waals surface area contributed by atoms with Gasteiger partial charge in [0.15, 0.2) is 5.69 Å². The molecule has 0 aliphatic carbocycles. The highest BCUT2D eigenvalue weighted by Crippen LogP contribution is 2.06. The van der Waals surface area contributed by atoms with E-state index in [2.05, 4.69) is 32.6 Å². The molecule has 1 aliphatic rings. The highest BCUT2D eigenvalue weighted by atomic mass is 16.6. The van der Waals surface area contributed by atoms with E-state index in [-0.39, 0.29) is 6.54 Å². The molecule has 0 aromatic carbocycles. The lowest BCUT2D eigenvalue weighted by atomic mass is 10.2. The van der Waals surface area contributed by atoms with Crippen molar-refractivity contribution in [1.82, 2.24) is 15.0 Å². The lowest BCUT2D eigenvalue weighted by Gasteiger charge is -2.18. The minimum atomic E-state index is -0.517. The maximum Gasteiger partial charge on any atom is 0.408 e. The normalized spacial score (nSPS) is 13.3. The maximum atomic E-state index is 11.5. The van der Waals surface area contributed by atoms with Crippen LogP contribution < -0.4 is 20.6 Å². The van der Waals surface area contributed by atoms with Crippen molar-refractivity contribution in [2.75, 3.05) is 25.0 Å². The molecule has 2 N–H and O–H groups in total. The first kappa shape index (κ1) is 15.1. The fourth-order valence-corrected chi connectivity index (χ4v) is 2.15. The molecule has 0 fully saturated rings. The van der Waals surface area contributed by atoms with E-state index in [9.17, 15) is 4.79 Å². The summed E-state index contributed by atoms with van der Waals surface area (Å²) in [5.74, 6) is 6.63. The number of carbonyl (C=O) groups is 1. The Hall–Kier alpha value is -2.82. The predicted molar refractivity (Wildman–Crippen MR) is 82.1 cm³/mol. The second kappa shape index (κ2) is 5.76. The Morgan fingerprint density at radius 3 is 3.17 bits per heavy atom. The largest absolute Gasteiger partial charge is 0.444 e. The van der Waals surface area contributed by atoms with Crippen molar-refractivity contribution in [3.05, 3.63) is 23.4 Å². The van der Waals surface area contributed by atoms with Crippen molar-refractivity contribution in [2.45, 2.75) is 26.4 Å². The predicted octanol–water partition coefficient (Wildman–Crippen LogP) is -0.440. The molecule has 2 aromatic rings. The van der Waals surface area contributed by atoms with Crippen LogP contribution in [0.3, 0.4) is 0 Å². The number of hydrogen-bond acceptors (Lipinski definition) is 5. The van der Waals surface area contributed by atoms with Gasteiger partial charge in [-0.05, 0) is 31.3 Å². The van der Waals surface area contributed by atoms with Gasteiger partial charge in [0, 0.05) is 11.2 Å². The van der Waals surface area contributed by atoms with E-state index in [4.69, 9.17) is 4.74 Å². The van der Waals surface area contributed by atoms with E-state index < -0.39 is 11.7 Å². The van der Waals surface area contributed by atoms with Crippen LogP contribution in [0.1, 0.15) is 26.5 Å². The topological polar surface area (TPSA) is 84.1 Å². The van der Waals surface area contributed by atoms with Crippen LogP contribution in [0, 0.1) is 11.8 Å². The van der Waals surface area contributed by atoms with Crippen molar-refractivity contribution < 1.29 is 14.0 Å². The van der Waals surface area contributed by atoms with Gasteiger partial charge in [-0.2, -0.15) is 0 Å². The summed E-state index contributed by atoms with van der Waals surface area (Å²) in [6.45, 7) is 7.16. The second-order valence-corrected chi connectivity index (χ2v) is 6.07. The van der Waals surface area contributed by atoms with E-state index >= 15 is 0 Å². The Kier molecular flexibility index (Phi) is 3.78. The van der Waals surface area contributed by atoms with Crippen LogP contribution in [0.15, 0.2) is 17.3 Å². The van der Waals surface area contributed by atoms with Crippen LogP contribution in [0.5, 0.6) is 0 Å². The van der Waals surface area contributed by atoms with E-state index in [1.165, 1.54) is 0 Å². The van der Waals surface area contributed by atoms with Crippen LogP contribution in [-0.4, -0.2) is 41.1 Å². The molecule has 23 heavy (non-hydrogen) atoms. The van der Waals surface area contributed by atoms with Gasteiger partial charge < -0.3 is 15.4 Å². The Labute approximate surface area is 133 Å². The number of nitrogens with one attached hydrogen (secondary N) is 2. The highest BCUT2D eigenvalue weighted by Gasteiger charge is 2.21. The summed E-state index contributed by atoms with van der Waals surface area (Å²) in [6, 6.07) is 1.86. The van der Waals surface area contributed by atoms with Gasteiger partial charge in [-0.15, -0.1) is 9.51 Å². The van der Waals surface area contributed by atoms with E-state index in [1.807, 2.05) is 37.5 Å². The zero-order chi connectivity index (χ0) is 16.4. The van der Waals surface area contributed by atoms with E-state index in [1.54, 1.807) is 4.63 Å². The van der Waals surface area contributed by atoms with E-state index in [0.29, 0.717) is 0 Å². The number of rotatable bonds is 1. The summed E-state index contributed by atoms with van der Waals surface area (Å²) in [6.07, 6.45) is 1.39. The fourth-order valence-electron chi connectivity index (χ4n) is 2.15. The quantitative estimate of drug-likeness (QED) is 0.552. The molecule has 0 radical (unpaired) electrons. The SMILES string of the molecule is CC(C)(C)OC(=O)NCC#Cc1cc[n+]2c3c(nn12)NCCN=3. The number of anilines is 1. The number of carbonyl (C=O) groups excluding carboxylic acids is 1. The number of ether oxygens (including phenoxy) is 1. The van der Waals surface area contributed by atoms with Crippen molar-refractivity contribution in [3.8, 4) is 11.8 Å². The van der Waals surface area contributed by atoms with Crippen molar-refractivity contribution >= 4 is 11.9 Å². The summed E-state index contributed by atoms with van der Waals surface area (Å²) < 4.78 is 8.67. The van der Waals surface area contributed by atoms with Gasteiger partial charge in [0.1, 0.15) is 12.1 Å². The molecule has 0 bridgehead atoms. The van der Waals surface area contributed by atoms with Crippen LogP contribution in [-0.2, 0) is 4.74 Å². The van der Waals surface area contributed by atoms with Crippen molar-refractivity contribution in [3.63, 3.8) is 0 Å². The lowest BCUT2D eigenvalue weighted by molar-refractivity contribution is -0.633. The third-order valence-electron chi connectivity index (χ3n) is 3.02. The maximum absolute atomic E-state index is 11.5.